The number of nitrogens with zero attached hydrogens (tertiary/aromatic N) is 3. The maximum Gasteiger partial charge on any atom is 0.239 e. The Balaban J connectivity index is 0. The Bertz CT molecular complexity index is 433. The maximum atomic E-state index is 12.2. The zero-order chi connectivity index (χ0) is 14.4. The van der Waals surface area contributed by atoms with E-state index < -0.39 is 0 Å². The van der Waals surface area contributed by atoms with E-state index in [-0.39, 0.29) is 49.2 Å². The molecule has 0 spiro atoms. The minimum atomic E-state index is -0.352. The smallest absolute Gasteiger partial charge is 0.239 e. The van der Waals surface area contributed by atoms with Gasteiger partial charge in [-0.2, -0.15) is 11.8 Å². The minimum absolute atomic E-state index is 0. The molecular weight excluding hydrogens is 379 g/mol. The van der Waals surface area contributed by atoms with Crippen molar-refractivity contribution in [2.45, 2.75) is 12.5 Å². The number of hydrogen-bond acceptors (Lipinski definition) is 5. The molecule has 2 heterocycles. The predicted octanol–water partition coefficient (Wildman–Crippen LogP) is 2.08. The fraction of sp³-hybridized carbons (Fsp3) is 0.571. The predicted molar refractivity (Wildman–Crippen MR) is 106 cm³/mol. The van der Waals surface area contributed by atoms with Crippen LogP contribution in [0.4, 0.5) is 5.69 Å². The lowest BCUT2D eigenvalue weighted by molar-refractivity contribution is -0.132. The van der Waals surface area contributed by atoms with E-state index in [0.29, 0.717) is 0 Å². The second-order valence-electron chi connectivity index (χ2n) is 4.91. The molecule has 1 aliphatic heterocycles. The van der Waals surface area contributed by atoms with Crippen molar-refractivity contribution < 1.29 is 4.79 Å². The van der Waals surface area contributed by atoms with Crippen LogP contribution in [0.3, 0.4) is 0 Å². The molecule has 1 atom stereocenters. The Hall–Kier alpha value is -0.400. The largest absolute Gasteiger partial charge is 0.368 e. The van der Waals surface area contributed by atoms with Crippen LogP contribution in [0.2, 0.25) is 0 Å². The molecule has 9 heteroatoms. The SMILES string of the molecule is CSCC[C@H](N)C(=O)N1CCN(c2ccncc2)CC1.Cl.Cl.Cl. The molecule has 1 saturated heterocycles. The summed E-state index contributed by atoms with van der Waals surface area (Å²) in [5.74, 6) is 1.03. The fourth-order valence-corrected chi connectivity index (χ4v) is 2.83. The lowest BCUT2D eigenvalue weighted by atomic mass is 10.2. The molecule has 0 radical (unpaired) electrons. The molecule has 1 fully saturated rings. The number of carbonyl (C=O) groups excluding carboxylic acids is 1. The Morgan fingerprint density at radius 2 is 1.78 bits per heavy atom. The minimum Gasteiger partial charge on any atom is -0.368 e. The van der Waals surface area contributed by atoms with Crippen LogP contribution < -0.4 is 10.6 Å². The second-order valence-corrected chi connectivity index (χ2v) is 5.89. The monoisotopic (exact) mass is 402 g/mol. The first-order chi connectivity index (χ1) is 9.72. The van der Waals surface area contributed by atoms with Crippen LogP contribution in [-0.2, 0) is 4.79 Å². The van der Waals surface area contributed by atoms with Crippen molar-refractivity contribution in [3.8, 4) is 0 Å². The summed E-state index contributed by atoms with van der Waals surface area (Å²) in [7, 11) is 0. The second kappa shape index (κ2) is 13.0. The van der Waals surface area contributed by atoms with Crippen LogP contribution in [0.15, 0.2) is 24.5 Å². The van der Waals surface area contributed by atoms with Gasteiger partial charge in [0.05, 0.1) is 6.04 Å². The number of rotatable bonds is 5. The first-order valence-electron chi connectivity index (χ1n) is 6.90. The quantitative estimate of drug-likeness (QED) is 0.815. The Morgan fingerprint density at radius 3 is 2.30 bits per heavy atom. The van der Waals surface area contributed by atoms with Crippen LogP contribution in [-0.4, -0.2) is 60.0 Å². The number of thioether (sulfide) groups is 1. The molecule has 23 heavy (non-hydrogen) atoms. The first-order valence-corrected chi connectivity index (χ1v) is 8.30. The molecular formula is C14H25Cl3N4OS. The van der Waals surface area contributed by atoms with E-state index in [0.717, 1.165) is 38.4 Å². The summed E-state index contributed by atoms with van der Waals surface area (Å²) >= 11 is 1.73. The maximum absolute atomic E-state index is 12.2. The van der Waals surface area contributed by atoms with E-state index in [4.69, 9.17) is 5.73 Å². The normalized spacial score (nSPS) is 14.9. The van der Waals surface area contributed by atoms with E-state index >= 15 is 0 Å². The third-order valence-electron chi connectivity index (χ3n) is 3.57. The molecule has 2 rings (SSSR count). The summed E-state index contributed by atoms with van der Waals surface area (Å²) in [5.41, 5.74) is 7.12. The van der Waals surface area contributed by atoms with E-state index in [9.17, 15) is 4.79 Å². The third-order valence-corrected chi connectivity index (χ3v) is 4.21. The van der Waals surface area contributed by atoms with Crippen molar-refractivity contribution in [1.29, 1.82) is 0 Å². The first kappa shape index (κ1) is 24.8. The highest BCUT2D eigenvalue weighted by Crippen LogP contribution is 2.15. The van der Waals surface area contributed by atoms with Gasteiger partial charge in [-0.3, -0.25) is 9.78 Å². The van der Waals surface area contributed by atoms with Gasteiger partial charge in [-0.25, -0.2) is 0 Å². The van der Waals surface area contributed by atoms with Gasteiger partial charge in [-0.15, -0.1) is 37.2 Å². The lowest BCUT2D eigenvalue weighted by Gasteiger charge is -2.37. The van der Waals surface area contributed by atoms with E-state index in [1.807, 2.05) is 23.3 Å². The van der Waals surface area contributed by atoms with Crippen molar-refractivity contribution in [2.24, 2.45) is 5.73 Å². The molecule has 1 aromatic rings. The molecule has 2 N–H and O–H groups in total. The summed E-state index contributed by atoms with van der Waals surface area (Å²) in [4.78, 5) is 20.4. The van der Waals surface area contributed by atoms with Gasteiger partial charge in [-0.1, -0.05) is 0 Å². The van der Waals surface area contributed by atoms with Gasteiger partial charge < -0.3 is 15.5 Å². The van der Waals surface area contributed by atoms with Crippen LogP contribution in [0, 0.1) is 0 Å². The topological polar surface area (TPSA) is 62.5 Å². The third kappa shape index (κ3) is 7.35. The Labute approximate surface area is 161 Å². The number of amides is 1. The number of aromatic nitrogens is 1. The number of pyridine rings is 1. The average Bonchev–Trinajstić information content (AvgIpc) is 2.53. The number of carbonyl (C=O) groups is 1. The fourth-order valence-electron chi connectivity index (χ4n) is 2.34. The zero-order valence-corrected chi connectivity index (χ0v) is 16.4. The number of hydrogen-bond donors (Lipinski definition) is 1. The van der Waals surface area contributed by atoms with Crippen LogP contribution in [0.5, 0.6) is 0 Å². The summed E-state index contributed by atoms with van der Waals surface area (Å²) in [6.45, 7) is 3.19. The lowest BCUT2D eigenvalue weighted by Crippen LogP contribution is -2.53. The van der Waals surface area contributed by atoms with Crippen molar-refractivity contribution in [3.63, 3.8) is 0 Å². The zero-order valence-electron chi connectivity index (χ0n) is 13.1. The van der Waals surface area contributed by atoms with Crippen molar-refractivity contribution >= 4 is 60.6 Å². The Morgan fingerprint density at radius 1 is 1.22 bits per heavy atom. The number of halogens is 3. The van der Waals surface area contributed by atoms with Gasteiger partial charge >= 0.3 is 0 Å². The standard InChI is InChI=1S/C14H22N4OS.3ClH/c1-20-11-4-13(15)14(19)18-9-7-17(8-10-18)12-2-5-16-6-3-12;;;/h2-3,5-6,13H,4,7-11,15H2,1H3;3*1H/t13-;;;/m0.../s1. The number of nitrogens with two attached hydrogens (primary N) is 1. The van der Waals surface area contributed by atoms with Crippen LogP contribution >= 0.6 is 49.0 Å². The highest BCUT2D eigenvalue weighted by Gasteiger charge is 2.24. The molecule has 0 aliphatic carbocycles. The highest BCUT2D eigenvalue weighted by molar-refractivity contribution is 7.98. The molecule has 0 saturated carbocycles. The van der Waals surface area contributed by atoms with Crippen LogP contribution in [0.25, 0.3) is 0 Å². The van der Waals surface area contributed by atoms with Crippen molar-refractivity contribution in [1.82, 2.24) is 9.88 Å². The van der Waals surface area contributed by atoms with Gasteiger partial charge in [0.1, 0.15) is 0 Å². The summed E-state index contributed by atoms with van der Waals surface area (Å²) in [6, 6.07) is 3.65. The molecule has 134 valence electrons. The summed E-state index contributed by atoms with van der Waals surface area (Å²) in [6.07, 6.45) is 6.38. The molecule has 5 nitrogen and oxygen atoms in total. The van der Waals surface area contributed by atoms with E-state index in [1.165, 1.54) is 5.69 Å². The molecule has 1 aliphatic rings. The van der Waals surface area contributed by atoms with Gasteiger partial charge in [-0.05, 0) is 30.6 Å². The summed E-state index contributed by atoms with van der Waals surface area (Å²) < 4.78 is 0. The van der Waals surface area contributed by atoms with Gasteiger partial charge in [0, 0.05) is 44.3 Å². The van der Waals surface area contributed by atoms with Crippen molar-refractivity contribution in [2.75, 3.05) is 43.1 Å². The van der Waals surface area contributed by atoms with Gasteiger partial charge in [0.2, 0.25) is 5.91 Å². The molecule has 0 unspecified atom stereocenters. The van der Waals surface area contributed by atoms with E-state index in [2.05, 4.69) is 9.88 Å². The van der Waals surface area contributed by atoms with Crippen molar-refractivity contribution in [3.05, 3.63) is 24.5 Å². The number of anilines is 1. The molecule has 1 aromatic heterocycles. The molecule has 1 amide bonds. The average molecular weight is 404 g/mol. The number of piperazine rings is 1. The van der Waals surface area contributed by atoms with Gasteiger partial charge in [0.15, 0.2) is 0 Å². The Kier molecular flexibility index (Phi) is 14.0. The summed E-state index contributed by atoms with van der Waals surface area (Å²) in [5, 5.41) is 0. The van der Waals surface area contributed by atoms with E-state index in [1.54, 1.807) is 24.2 Å². The van der Waals surface area contributed by atoms with Crippen LogP contribution in [0.1, 0.15) is 6.42 Å². The highest BCUT2D eigenvalue weighted by atomic mass is 35.5. The molecule has 0 bridgehead atoms. The molecule has 0 aromatic carbocycles. The van der Waals surface area contributed by atoms with Gasteiger partial charge in [0.25, 0.3) is 0 Å².